The van der Waals surface area contributed by atoms with Gasteiger partial charge in [0, 0.05) is 56.3 Å². The highest BCUT2D eigenvalue weighted by Crippen LogP contribution is 2.54. The molecule has 3 fully saturated rings. The zero-order valence-corrected chi connectivity index (χ0v) is 24.2. The number of hydrogen-bond acceptors (Lipinski definition) is 10. The molecule has 2 saturated heterocycles. The molecule has 0 amide bonds. The summed E-state index contributed by atoms with van der Waals surface area (Å²) in [5, 5.41) is 17.8. The average molecular weight is 605 g/mol. The average Bonchev–Trinajstić information content (AvgIpc) is 3.52. The van der Waals surface area contributed by atoms with Crippen molar-refractivity contribution in [3.63, 3.8) is 0 Å². The Bertz CT molecular complexity index is 1540. The van der Waals surface area contributed by atoms with Gasteiger partial charge in [0.2, 0.25) is 21.9 Å². The minimum atomic E-state index is -3.70. The van der Waals surface area contributed by atoms with Gasteiger partial charge in [-0.25, -0.2) is 21.9 Å². The number of nitrogens with one attached hydrogen (secondary N) is 1. The zero-order valence-electron chi connectivity index (χ0n) is 23.3. The van der Waals surface area contributed by atoms with Crippen molar-refractivity contribution in [3.8, 4) is 23.0 Å². The summed E-state index contributed by atoms with van der Waals surface area (Å²) in [4.78, 5) is 12.9. The van der Waals surface area contributed by atoms with Crippen molar-refractivity contribution in [3.05, 3.63) is 30.5 Å². The second kappa shape index (κ2) is 10.9. The molecule has 6 rings (SSSR count). The minimum absolute atomic E-state index is 0.122. The molecule has 1 spiro atoms. The number of piperidine rings is 2. The number of sulfonamides is 1. The van der Waals surface area contributed by atoms with E-state index in [1.54, 1.807) is 29.3 Å². The molecule has 1 saturated carbocycles. The first kappa shape index (κ1) is 28.5. The van der Waals surface area contributed by atoms with Crippen LogP contribution in [0.3, 0.4) is 0 Å². The van der Waals surface area contributed by atoms with E-state index in [1.165, 1.54) is 24.6 Å². The van der Waals surface area contributed by atoms with Crippen LogP contribution < -0.4 is 19.3 Å². The van der Waals surface area contributed by atoms with Gasteiger partial charge >= 0.3 is 0 Å². The number of halogens is 2. The van der Waals surface area contributed by atoms with E-state index in [9.17, 15) is 17.2 Å². The topological polar surface area (TPSA) is 139 Å². The second-order valence-electron chi connectivity index (χ2n) is 11.3. The molecule has 0 radical (unpaired) electrons. The predicted octanol–water partition coefficient (Wildman–Crippen LogP) is 3.08. The fraction of sp³-hybridized carbons (Fsp3) is 0.556. The van der Waals surface area contributed by atoms with Crippen molar-refractivity contribution in [2.24, 2.45) is 5.41 Å². The summed E-state index contributed by atoms with van der Waals surface area (Å²) in [6.07, 6.45) is 5.83. The summed E-state index contributed by atoms with van der Waals surface area (Å²) in [6.45, 7) is 1.45. The molecule has 3 aliphatic rings. The van der Waals surface area contributed by atoms with Crippen LogP contribution in [0.25, 0.3) is 17.1 Å². The lowest BCUT2D eigenvalue weighted by atomic mass is 9.93. The highest BCUT2D eigenvalue weighted by molar-refractivity contribution is 7.92. The number of aromatic nitrogens is 5. The van der Waals surface area contributed by atoms with Gasteiger partial charge in [-0.15, -0.1) is 5.10 Å². The van der Waals surface area contributed by atoms with E-state index in [0.717, 1.165) is 37.2 Å². The predicted molar refractivity (Wildman–Crippen MR) is 153 cm³/mol. The van der Waals surface area contributed by atoms with Crippen molar-refractivity contribution < 1.29 is 27.0 Å². The first-order valence-corrected chi connectivity index (χ1v) is 15.7. The number of nitrogens with zero attached hydrogens (tertiary/aromatic N) is 7. The zero-order chi connectivity index (χ0) is 29.5. The summed E-state index contributed by atoms with van der Waals surface area (Å²) < 4.78 is 61.6. The maximum atomic E-state index is 13.7. The largest absolute Gasteiger partial charge is 0.481 e. The lowest BCUT2D eigenvalue weighted by Gasteiger charge is -2.35. The lowest BCUT2D eigenvalue weighted by Crippen LogP contribution is -2.40. The number of rotatable bonds is 9. The SMILES string of the molecule is COc1cc(-n2cc(-c3ccc(NS(=O)(=O)CCO)cc3N3CCC4(CC3)CC4)nn2)nc(N2CCC(F)(F)CC2)n1. The first-order chi connectivity index (χ1) is 20.1. The highest BCUT2D eigenvalue weighted by Gasteiger charge is 2.44. The Morgan fingerprint density at radius 1 is 1.00 bits per heavy atom. The second-order valence-corrected chi connectivity index (χ2v) is 13.2. The molecule has 12 nitrogen and oxygen atoms in total. The molecule has 0 atom stereocenters. The van der Waals surface area contributed by atoms with Crippen LogP contribution in [-0.4, -0.2) is 90.1 Å². The van der Waals surface area contributed by atoms with Crippen molar-refractivity contribution >= 4 is 27.3 Å². The molecular weight excluding hydrogens is 570 g/mol. The molecule has 2 aliphatic heterocycles. The van der Waals surface area contributed by atoms with Crippen molar-refractivity contribution in [1.29, 1.82) is 0 Å². The molecule has 0 unspecified atom stereocenters. The monoisotopic (exact) mass is 604 g/mol. The quantitative estimate of drug-likeness (QED) is 0.375. The van der Waals surface area contributed by atoms with Gasteiger partial charge in [-0.05, 0) is 49.3 Å². The number of ether oxygens (including phenoxy) is 1. The van der Waals surface area contributed by atoms with E-state index in [2.05, 4.69) is 29.9 Å². The molecule has 4 heterocycles. The van der Waals surface area contributed by atoms with Crippen LogP contribution in [0.5, 0.6) is 5.88 Å². The van der Waals surface area contributed by atoms with Crippen LogP contribution in [0.2, 0.25) is 0 Å². The number of hydrogen-bond donors (Lipinski definition) is 2. The summed E-state index contributed by atoms with van der Waals surface area (Å²) >= 11 is 0. The van der Waals surface area contributed by atoms with Gasteiger partial charge in [-0.2, -0.15) is 9.97 Å². The number of alkyl halides is 2. The highest BCUT2D eigenvalue weighted by atomic mass is 32.2. The van der Waals surface area contributed by atoms with Gasteiger partial charge in [-0.3, -0.25) is 4.72 Å². The Morgan fingerprint density at radius 3 is 2.38 bits per heavy atom. The maximum absolute atomic E-state index is 13.7. The van der Waals surface area contributed by atoms with Crippen molar-refractivity contribution in [2.75, 3.05) is 60.2 Å². The van der Waals surface area contributed by atoms with Crippen molar-refractivity contribution in [2.45, 2.75) is 44.4 Å². The Balaban J connectivity index is 1.31. The van der Waals surface area contributed by atoms with Crippen molar-refractivity contribution in [1.82, 2.24) is 25.0 Å². The number of methoxy groups -OCH3 is 1. The molecule has 3 aromatic rings. The lowest BCUT2D eigenvalue weighted by molar-refractivity contribution is -0.0222. The summed E-state index contributed by atoms with van der Waals surface area (Å²) in [5.74, 6) is -2.17. The molecule has 1 aromatic carbocycles. The molecule has 0 bridgehead atoms. The van der Waals surface area contributed by atoms with Gasteiger partial charge in [-0.1, -0.05) is 5.21 Å². The summed E-state index contributed by atoms with van der Waals surface area (Å²) in [5.41, 5.74) is 3.01. The Hall–Kier alpha value is -3.59. The molecule has 2 N–H and O–H groups in total. The van der Waals surface area contributed by atoms with Gasteiger partial charge in [0.1, 0.15) is 5.69 Å². The van der Waals surface area contributed by atoms with E-state index in [0.29, 0.717) is 22.6 Å². The maximum Gasteiger partial charge on any atom is 0.251 e. The van der Waals surface area contributed by atoms with Gasteiger partial charge in [0.25, 0.3) is 5.92 Å². The third-order valence-corrected chi connectivity index (χ3v) is 9.69. The molecule has 2 aromatic heterocycles. The third-order valence-electron chi connectivity index (χ3n) is 8.42. The van der Waals surface area contributed by atoms with Gasteiger partial charge in [0.15, 0.2) is 5.82 Å². The number of aliphatic hydroxyl groups is 1. The molecular formula is C27H34F2N8O4S. The number of aliphatic hydroxyl groups excluding tert-OH is 1. The van der Waals surface area contributed by atoms with Gasteiger partial charge in [0.05, 0.1) is 31.4 Å². The summed E-state index contributed by atoms with van der Waals surface area (Å²) in [6, 6.07) is 6.87. The molecule has 15 heteroatoms. The van der Waals surface area contributed by atoms with Crippen LogP contribution in [0.1, 0.15) is 38.5 Å². The van der Waals surface area contributed by atoms with Crippen LogP contribution >= 0.6 is 0 Å². The van der Waals surface area contributed by atoms with Crippen LogP contribution in [0.4, 0.5) is 26.1 Å². The Labute approximate surface area is 242 Å². The van der Waals surface area contributed by atoms with Gasteiger partial charge < -0.3 is 19.6 Å². The molecule has 226 valence electrons. The fourth-order valence-corrected chi connectivity index (χ4v) is 6.45. The fourth-order valence-electron chi connectivity index (χ4n) is 5.62. The van der Waals surface area contributed by atoms with E-state index >= 15 is 0 Å². The number of benzene rings is 1. The molecule has 42 heavy (non-hydrogen) atoms. The van der Waals surface area contributed by atoms with Crippen LogP contribution in [0, 0.1) is 5.41 Å². The number of anilines is 3. The standard InChI is InChI=1S/C27H34F2N8O4S/c1-41-24-17-23(30-25(31-24)36-12-8-27(28,29)9-13-36)37-18-21(32-34-37)20-3-2-19(33-42(39,40)15-14-38)16-22(20)35-10-6-26(4-5-26)7-11-35/h2-3,16-18,33,38H,4-15H2,1H3. The molecule has 1 aliphatic carbocycles. The first-order valence-electron chi connectivity index (χ1n) is 14.1. The summed E-state index contributed by atoms with van der Waals surface area (Å²) in [7, 11) is -2.23. The Kier molecular flexibility index (Phi) is 7.41. The van der Waals surface area contributed by atoms with Crippen LogP contribution in [-0.2, 0) is 10.0 Å². The van der Waals surface area contributed by atoms with Crippen LogP contribution in [0.15, 0.2) is 30.5 Å². The minimum Gasteiger partial charge on any atom is -0.481 e. The van der Waals surface area contributed by atoms with E-state index in [4.69, 9.17) is 9.84 Å². The third kappa shape index (κ3) is 6.11. The smallest absolute Gasteiger partial charge is 0.251 e. The van der Waals surface area contributed by atoms with E-state index in [-0.39, 0.29) is 37.8 Å². The van der Waals surface area contributed by atoms with E-state index in [1.807, 2.05) is 6.07 Å². The normalized spacial score (nSPS) is 19.6. The van der Waals surface area contributed by atoms with E-state index < -0.39 is 28.3 Å². The Morgan fingerprint density at radius 2 is 1.71 bits per heavy atom.